The number of hydrogen-bond acceptors (Lipinski definition) is 5. The van der Waals surface area contributed by atoms with Gasteiger partial charge >= 0.3 is 0 Å². The average Bonchev–Trinajstić information content (AvgIpc) is 3.16. The maximum Gasteiger partial charge on any atom is 0.255 e. The standard InChI is InChI=1S/C19H24N4O3S/c1-14(2)22-27(25,26)17-7-5-6-15(12-17)19(24)21-16-8-9-18(20-13-16)23-10-3-4-11-23/h5-9,12-14,22H,3-4,10-11H2,1-2H3,(H,21,24). The predicted octanol–water partition coefficient (Wildman–Crippen LogP) is 2.62. The summed E-state index contributed by atoms with van der Waals surface area (Å²) < 4.78 is 27.1. The molecule has 1 amide bonds. The molecule has 1 aliphatic heterocycles. The van der Waals surface area contributed by atoms with Gasteiger partial charge < -0.3 is 10.2 Å². The second-order valence-corrected chi connectivity index (χ2v) is 8.57. The van der Waals surface area contributed by atoms with Crippen LogP contribution in [0.5, 0.6) is 0 Å². The van der Waals surface area contributed by atoms with Crippen LogP contribution in [0, 0.1) is 0 Å². The highest BCUT2D eigenvalue weighted by Gasteiger charge is 2.18. The first-order valence-electron chi connectivity index (χ1n) is 9.00. The molecule has 27 heavy (non-hydrogen) atoms. The molecule has 8 heteroatoms. The van der Waals surface area contributed by atoms with Gasteiger partial charge in [0.15, 0.2) is 0 Å². The van der Waals surface area contributed by atoms with Crippen LogP contribution in [0.25, 0.3) is 0 Å². The van der Waals surface area contributed by atoms with Crippen molar-refractivity contribution in [1.29, 1.82) is 0 Å². The summed E-state index contributed by atoms with van der Waals surface area (Å²) in [6, 6.07) is 9.43. The van der Waals surface area contributed by atoms with Gasteiger partial charge in [0.25, 0.3) is 5.91 Å². The number of carbonyl (C=O) groups is 1. The van der Waals surface area contributed by atoms with Crippen LogP contribution < -0.4 is 14.9 Å². The Labute approximate surface area is 159 Å². The normalized spacial score (nSPS) is 14.6. The number of nitrogens with one attached hydrogen (secondary N) is 2. The Morgan fingerprint density at radius 3 is 2.52 bits per heavy atom. The van der Waals surface area contributed by atoms with Crippen molar-refractivity contribution in [2.45, 2.75) is 37.6 Å². The fourth-order valence-electron chi connectivity index (χ4n) is 2.98. The SMILES string of the molecule is CC(C)NS(=O)(=O)c1cccc(C(=O)Nc2ccc(N3CCCC3)nc2)c1. The van der Waals surface area contributed by atoms with E-state index in [1.54, 1.807) is 38.2 Å². The van der Waals surface area contributed by atoms with Gasteiger partial charge in [-0.2, -0.15) is 0 Å². The number of sulfonamides is 1. The zero-order chi connectivity index (χ0) is 19.4. The maximum atomic E-state index is 12.5. The molecule has 0 unspecified atom stereocenters. The van der Waals surface area contributed by atoms with Gasteiger partial charge in [-0.05, 0) is 57.0 Å². The summed E-state index contributed by atoms with van der Waals surface area (Å²) >= 11 is 0. The zero-order valence-electron chi connectivity index (χ0n) is 15.5. The van der Waals surface area contributed by atoms with Crippen LogP contribution in [0.3, 0.4) is 0 Å². The van der Waals surface area contributed by atoms with E-state index < -0.39 is 10.0 Å². The monoisotopic (exact) mass is 388 g/mol. The van der Waals surface area contributed by atoms with Gasteiger partial charge in [0.2, 0.25) is 10.0 Å². The molecule has 1 fully saturated rings. The summed E-state index contributed by atoms with van der Waals surface area (Å²) in [5.74, 6) is 0.519. The molecule has 0 bridgehead atoms. The van der Waals surface area contributed by atoms with Gasteiger partial charge in [-0.1, -0.05) is 6.07 Å². The molecule has 1 saturated heterocycles. The molecule has 144 valence electrons. The van der Waals surface area contributed by atoms with E-state index in [0.29, 0.717) is 5.69 Å². The first kappa shape index (κ1) is 19.3. The van der Waals surface area contributed by atoms with Crippen molar-refractivity contribution in [3.8, 4) is 0 Å². The molecule has 2 N–H and O–H groups in total. The van der Waals surface area contributed by atoms with E-state index in [0.717, 1.165) is 18.9 Å². The smallest absolute Gasteiger partial charge is 0.255 e. The topological polar surface area (TPSA) is 91.4 Å². The van der Waals surface area contributed by atoms with Crippen LogP contribution in [0.4, 0.5) is 11.5 Å². The highest BCUT2D eigenvalue weighted by molar-refractivity contribution is 7.89. The number of nitrogens with zero attached hydrogens (tertiary/aromatic N) is 2. The Hall–Kier alpha value is -2.45. The van der Waals surface area contributed by atoms with Gasteiger partial charge in [-0.25, -0.2) is 18.1 Å². The Balaban J connectivity index is 1.72. The zero-order valence-corrected chi connectivity index (χ0v) is 16.3. The molecule has 3 rings (SSSR count). The number of pyridine rings is 1. The molecule has 0 spiro atoms. The molecule has 0 aliphatic carbocycles. The van der Waals surface area contributed by atoms with Crippen molar-refractivity contribution in [3.63, 3.8) is 0 Å². The number of rotatable bonds is 6. The van der Waals surface area contributed by atoms with Gasteiger partial charge in [0, 0.05) is 24.7 Å². The highest BCUT2D eigenvalue weighted by atomic mass is 32.2. The van der Waals surface area contributed by atoms with Crippen LogP contribution in [0.15, 0.2) is 47.5 Å². The molecule has 2 heterocycles. The number of carbonyl (C=O) groups excluding carboxylic acids is 1. The van der Waals surface area contributed by atoms with Crippen LogP contribution >= 0.6 is 0 Å². The van der Waals surface area contributed by atoms with Crippen molar-refractivity contribution in [3.05, 3.63) is 48.2 Å². The van der Waals surface area contributed by atoms with Gasteiger partial charge in [-0.15, -0.1) is 0 Å². The summed E-state index contributed by atoms with van der Waals surface area (Å²) in [6.07, 6.45) is 3.96. The van der Waals surface area contributed by atoms with Gasteiger partial charge in [0.05, 0.1) is 16.8 Å². The second-order valence-electron chi connectivity index (χ2n) is 6.86. The summed E-state index contributed by atoms with van der Waals surface area (Å²) in [5.41, 5.74) is 0.835. The number of anilines is 2. The van der Waals surface area contributed by atoms with Crippen LogP contribution in [0.1, 0.15) is 37.0 Å². The van der Waals surface area contributed by atoms with Crippen molar-refractivity contribution in [2.24, 2.45) is 0 Å². The molecule has 1 aromatic heterocycles. The molecule has 0 atom stereocenters. The molecule has 1 aromatic carbocycles. The van der Waals surface area contributed by atoms with Gasteiger partial charge in [0.1, 0.15) is 5.82 Å². The lowest BCUT2D eigenvalue weighted by molar-refractivity contribution is 0.102. The second kappa shape index (κ2) is 8.06. The van der Waals surface area contributed by atoms with Crippen LogP contribution in [0.2, 0.25) is 0 Å². The first-order chi connectivity index (χ1) is 12.8. The fourth-order valence-corrected chi connectivity index (χ4v) is 4.28. The van der Waals surface area contributed by atoms with Crippen molar-refractivity contribution >= 4 is 27.4 Å². The van der Waals surface area contributed by atoms with Gasteiger partial charge in [-0.3, -0.25) is 4.79 Å². The fraction of sp³-hybridized carbons (Fsp3) is 0.368. The summed E-state index contributed by atoms with van der Waals surface area (Å²) in [5, 5.41) is 2.76. The summed E-state index contributed by atoms with van der Waals surface area (Å²) in [6.45, 7) is 5.49. The van der Waals surface area contributed by atoms with Crippen LogP contribution in [-0.2, 0) is 10.0 Å². The molecule has 7 nitrogen and oxygen atoms in total. The van der Waals surface area contributed by atoms with E-state index >= 15 is 0 Å². The van der Waals surface area contributed by atoms with E-state index in [1.807, 2.05) is 6.07 Å². The molecular weight excluding hydrogens is 364 g/mol. The molecule has 1 aliphatic rings. The first-order valence-corrected chi connectivity index (χ1v) is 10.5. The van der Waals surface area contributed by atoms with E-state index in [4.69, 9.17) is 0 Å². The van der Waals surface area contributed by atoms with E-state index in [-0.39, 0.29) is 22.4 Å². The van der Waals surface area contributed by atoms with E-state index in [9.17, 15) is 13.2 Å². The van der Waals surface area contributed by atoms with Crippen molar-refractivity contribution < 1.29 is 13.2 Å². The van der Waals surface area contributed by atoms with Crippen molar-refractivity contribution in [1.82, 2.24) is 9.71 Å². The third-order valence-electron chi connectivity index (χ3n) is 4.23. The number of amides is 1. The Morgan fingerprint density at radius 1 is 1.15 bits per heavy atom. The maximum absolute atomic E-state index is 12.5. The Bertz CT molecular complexity index is 905. The Kier molecular flexibility index (Phi) is 5.76. The molecule has 2 aromatic rings. The largest absolute Gasteiger partial charge is 0.357 e. The lowest BCUT2D eigenvalue weighted by Gasteiger charge is -2.16. The van der Waals surface area contributed by atoms with E-state index in [2.05, 4.69) is 19.9 Å². The number of hydrogen-bond donors (Lipinski definition) is 2. The predicted molar refractivity (Wildman–Crippen MR) is 106 cm³/mol. The number of aromatic nitrogens is 1. The quantitative estimate of drug-likeness (QED) is 0.794. The third kappa shape index (κ3) is 4.84. The van der Waals surface area contributed by atoms with E-state index in [1.165, 1.54) is 25.0 Å². The molecular formula is C19H24N4O3S. The minimum absolute atomic E-state index is 0.0614. The average molecular weight is 388 g/mol. The minimum atomic E-state index is -3.65. The minimum Gasteiger partial charge on any atom is -0.357 e. The lowest BCUT2D eigenvalue weighted by atomic mass is 10.2. The Morgan fingerprint density at radius 2 is 1.89 bits per heavy atom. The van der Waals surface area contributed by atoms with Crippen molar-refractivity contribution in [2.75, 3.05) is 23.3 Å². The summed E-state index contributed by atoms with van der Waals surface area (Å²) in [7, 11) is -3.65. The molecule has 0 saturated carbocycles. The lowest BCUT2D eigenvalue weighted by Crippen LogP contribution is -2.30. The van der Waals surface area contributed by atoms with Crippen LogP contribution in [-0.4, -0.2) is 38.4 Å². The molecule has 0 radical (unpaired) electrons. The summed E-state index contributed by atoms with van der Waals surface area (Å²) in [4.78, 5) is 19.2. The highest BCUT2D eigenvalue weighted by Crippen LogP contribution is 2.20. The third-order valence-corrected chi connectivity index (χ3v) is 5.89. The number of benzene rings is 1.